The number of carbonyl (C=O) groups excluding carboxylic acids is 1. The second-order valence-electron chi connectivity index (χ2n) is 2.52. The molecule has 0 rings (SSSR count). The van der Waals surface area contributed by atoms with Gasteiger partial charge >= 0.3 is 12.1 Å². The predicted molar refractivity (Wildman–Crippen MR) is 52.5 cm³/mol. The van der Waals surface area contributed by atoms with E-state index in [9.17, 15) is 4.79 Å². The summed E-state index contributed by atoms with van der Waals surface area (Å²) in [6.07, 6.45) is 3.15. The molecule has 16 heavy (non-hydrogen) atoms. The molecule has 0 radical (unpaired) electrons. The third-order valence-corrected chi connectivity index (χ3v) is 1.73. The van der Waals surface area contributed by atoms with Gasteiger partial charge < -0.3 is 19.3 Å². The van der Waals surface area contributed by atoms with Crippen molar-refractivity contribution in [3.63, 3.8) is 0 Å². The molecule has 92 valence electrons. The molecule has 7 nitrogen and oxygen atoms in total. The fourth-order valence-corrected chi connectivity index (χ4v) is 0.839. The maximum atomic E-state index is 11.1. The van der Waals surface area contributed by atoms with Crippen LogP contribution < -0.4 is 0 Å². The molecule has 0 unspecified atom stereocenters. The van der Waals surface area contributed by atoms with Crippen LogP contribution in [0.3, 0.4) is 0 Å². The van der Waals surface area contributed by atoms with E-state index in [1.807, 2.05) is 5.92 Å². The SMILES string of the molecule is C#CC(=O)N(CO)COC(OC)(OC)OC. The zero-order valence-corrected chi connectivity index (χ0v) is 9.43. The Morgan fingerprint density at radius 3 is 2.19 bits per heavy atom. The average Bonchev–Trinajstić information content (AvgIpc) is 2.35. The number of nitrogens with zero attached hydrogens (tertiary/aromatic N) is 1. The van der Waals surface area contributed by atoms with Gasteiger partial charge in [-0.05, 0) is 5.92 Å². The van der Waals surface area contributed by atoms with Gasteiger partial charge in [-0.25, -0.2) is 0 Å². The molecule has 0 saturated heterocycles. The maximum absolute atomic E-state index is 11.1. The summed E-state index contributed by atoms with van der Waals surface area (Å²) in [4.78, 5) is 11.9. The van der Waals surface area contributed by atoms with Crippen molar-refractivity contribution in [2.45, 2.75) is 6.16 Å². The highest BCUT2D eigenvalue weighted by Crippen LogP contribution is 2.14. The van der Waals surface area contributed by atoms with Crippen molar-refractivity contribution in [1.29, 1.82) is 0 Å². The van der Waals surface area contributed by atoms with Crippen molar-refractivity contribution in [2.24, 2.45) is 0 Å². The lowest BCUT2D eigenvalue weighted by Crippen LogP contribution is -2.44. The Labute approximate surface area is 93.8 Å². The molecule has 1 amide bonds. The van der Waals surface area contributed by atoms with E-state index < -0.39 is 18.8 Å². The number of methoxy groups -OCH3 is 3. The standard InChI is InChI=1S/C9H15NO6/c1-5-8(12)10(6-11)7-16-9(13-2,14-3)15-4/h1,11H,6-7H2,2-4H3. The molecule has 7 heteroatoms. The molecule has 0 aliphatic carbocycles. The molecule has 0 aliphatic rings. The van der Waals surface area contributed by atoms with Gasteiger partial charge in [-0.3, -0.25) is 14.4 Å². The number of hydrogen-bond donors (Lipinski definition) is 1. The molecular weight excluding hydrogens is 218 g/mol. The van der Waals surface area contributed by atoms with E-state index in [0.29, 0.717) is 0 Å². The molecule has 0 heterocycles. The van der Waals surface area contributed by atoms with E-state index in [4.69, 9.17) is 30.5 Å². The topological polar surface area (TPSA) is 77.5 Å². The Morgan fingerprint density at radius 1 is 1.38 bits per heavy atom. The molecule has 0 aromatic rings. The number of amides is 1. The Bertz CT molecular complexity index is 249. The normalized spacial score (nSPS) is 10.9. The van der Waals surface area contributed by atoms with Crippen LogP contribution in [-0.2, 0) is 23.7 Å². The summed E-state index contributed by atoms with van der Waals surface area (Å²) in [6, 6.07) is 0. The lowest BCUT2D eigenvalue weighted by Gasteiger charge is -2.29. The first kappa shape index (κ1) is 14.8. The van der Waals surface area contributed by atoms with Crippen molar-refractivity contribution in [3.05, 3.63) is 0 Å². The van der Waals surface area contributed by atoms with Crippen molar-refractivity contribution in [1.82, 2.24) is 4.90 Å². The van der Waals surface area contributed by atoms with Crippen LogP contribution in [0.15, 0.2) is 0 Å². The smallest absolute Gasteiger partial charge is 0.376 e. The number of ether oxygens (including phenoxy) is 4. The minimum atomic E-state index is -1.73. The molecular formula is C9H15NO6. The molecule has 1 N–H and O–H groups in total. The van der Waals surface area contributed by atoms with Crippen molar-refractivity contribution in [2.75, 3.05) is 34.8 Å². The average molecular weight is 233 g/mol. The minimum Gasteiger partial charge on any atom is -0.376 e. The van der Waals surface area contributed by atoms with Crippen LogP contribution >= 0.6 is 0 Å². The summed E-state index contributed by atoms with van der Waals surface area (Å²) in [5.74, 6) is 1.11. The third kappa shape index (κ3) is 3.77. The monoisotopic (exact) mass is 233 g/mol. The Kier molecular flexibility index (Phi) is 6.64. The van der Waals surface area contributed by atoms with Gasteiger partial charge in [-0.1, -0.05) is 0 Å². The second kappa shape index (κ2) is 7.16. The third-order valence-electron chi connectivity index (χ3n) is 1.73. The molecule has 0 spiro atoms. The predicted octanol–water partition coefficient (Wildman–Crippen LogP) is -1.08. The number of rotatable bonds is 7. The van der Waals surface area contributed by atoms with E-state index in [1.165, 1.54) is 21.3 Å². The highest BCUT2D eigenvalue weighted by molar-refractivity contribution is 5.92. The van der Waals surface area contributed by atoms with Gasteiger partial charge in [0.1, 0.15) is 13.5 Å². The number of aliphatic hydroxyl groups excluding tert-OH is 1. The van der Waals surface area contributed by atoms with Crippen LogP contribution in [0.5, 0.6) is 0 Å². The summed E-state index contributed by atoms with van der Waals surface area (Å²) in [7, 11) is 3.87. The maximum Gasteiger partial charge on any atom is 0.413 e. The van der Waals surface area contributed by atoms with Gasteiger partial charge in [-0.15, -0.1) is 6.42 Å². The van der Waals surface area contributed by atoms with E-state index >= 15 is 0 Å². The fraction of sp³-hybridized carbons (Fsp3) is 0.667. The number of aliphatic hydroxyl groups is 1. The first-order chi connectivity index (χ1) is 7.59. The minimum absolute atomic E-state index is 0.338. The molecule has 0 atom stereocenters. The number of carbonyl (C=O) groups is 1. The molecule has 0 saturated carbocycles. The number of hydrogen-bond acceptors (Lipinski definition) is 6. The van der Waals surface area contributed by atoms with Crippen LogP contribution in [0.25, 0.3) is 0 Å². The van der Waals surface area contributed by atoms with Crippen LogP contribution in [0, 0.1) is 12.3 Å². The summed E-state index contributed by atoms with van der Waals surface area (Å²) in [5.41, 5.74) is 0. The molecule has 0 aromatic heterocycles. The van der Waals surface area contributed by atoms with E-state index in [1.54, 1.807) is 0 Å². The van der Waals surface area contributed by atoms with Gasteiger partial charge in [-0.2, -0.15) is 0 Å². The lowest BCUT2D eigenvalue weighted by atomic mass is 10.6. The quantitative estimate of drug-likeness (QED) is 0.445. The van der Waals surface area contributed by atoms with Gasteiger partial charge in [0.25, 0.3) is 0 Å². The molecule has 0 aliphatic heterocycles. The zero-order valence-electron chi connectivity index (χ0n) is 9.43. The van der Waals surface area contributed by atoms with Crippen LogP contribution in [0.2, 0.25) is 0 Å². The van der Waals surface area contributed by atoms with E-state index in [0.717, 1.165) is 4.90 Å². The molecule has 0 aromatic carbocycles. The highest BCUT2D eigenvalue weighted by atomic mass is 17.0. The largest absolute Gasteiger partial charge is 0.413 e. The van der Waals surface area contributed by atoms with Crippen LogP contribution in [0.4, 0.5) is 0 Å². The van der Waals surface area contributed by atoms with Crippen molar-refractivity contribution >= 4 is 5.91 Å². The van der Waals surface area contributed by atoms with Gasteiger partial charge in [0.2, 0.25) is 0 Å². The lowest BCUT2D eigenvalue weighted by molar-refractivity contribution is -0.484. The van der Waals surface area contributed by atoms with Crippen molar-refractivity contribution < 1.29 is 28.8 Å². The van der Waals surface area contributed by atoms with Crippen molar-refractivity contribution in [3.8, 4) is 12.3 Å². The Balaban J connectivity index is 4.39. The summed E-state index contributed by atoms with van der Waals surface area (Å²) in [5, 5.41) is 8.85. The summed E-state index contributed by atoms with van der Waals surface area (Å²) < 4.78 is 19.5. The second-order valence-corrected chi connectivity index (χ2v) is 2.52. The highest BCUT2D eigenvalue weighted by Gasteiger charge is 2.32. The summed E-state index contributed by atoms with van der Waals surface area (Å²) in [6.45, 7) is -0.925. The fourth-order valence-electron chi connectivity index (χ4n) is 0.839. The Hall–Kier alpha value is -1.17. The molecule has 0 bridgehead atoms. The van der Waals surface area contributed by atoms with Crippen LogP contribution in [0.1, 0.15) is 0 Å². The van der Waals surface area contributed by atoms with Crippen LogP contribution in [-0.4, -0.2) is 56.9 Å². The van der Waals surface area contributed by atoms with E-state index in [2.05, 4.69) is 0 Å². The first-order valence-electron chi connectivity index (χ1n) is 4.25. The number of terminal acetylenes is 1. The zero-order chi connectivity index (χ0) is 12.6. The van der Waals surface area contributed by atoms with Gasteiger partial charge in [0, 0.05) is 21.3 Å². The van der Waals surface area contributed by atoms with E-state index in [-0.39, 0.29) is 6.73 Å². The molecule has 0 fully saturated rings. The first-order valence-corrected chi connectivity index (χ1v) is 4.25. The Morgan fingerprint density at radius 2 is 1.88 bits per heavy atom. The van der Waals surface area contributed by atoms with Gasteiger partial charge in [0.05, 0.1) is 0 Å². The summed E-state index contributed by atoms with van der Waals surface area (Å²) >= 11 is 0. The van der Waals surface area contributed by atoms with Gasteiger partial charge in [0.15, 0.2) is 0 Å².